The summed E-state index contributed by atoms with van der Waals surface area (Å²) in [6, 6.07) is 8.83. The van der Waals surface area contributed by atoms with Crippen molar-refractivity contribution in [1.29, 1.82) is 0 Å². The van der Waals surface area contributed by atoms with E-state index < -0.39 is 0 Å². The Bertz CT molecular complexity index is 657. The fourth-order valence-corrected chi connectivity index (χ4v) is 3.14. The Morgan fingerprint density at radius 1 is 1.22 bits per heavy atom. The summed E-state index contributed by atoms with van der Waals surface area (Å²) in [7, 11) is 0. The first-order valence-corrected chi connectivity index (χ1v) is 8.30. The third kappa shape index (κ3) is 3.78. The maximum atomic E-state index is 13.0. The van der Waals surface area contributed by atoms with E-state index in [4.69, 9.17) is 0 Å². The smallest absolute Gasteiger partial charge is 0.229 e. The van der Waals surface area contributed by atoms with Crippen LogP contribution in [0.15, 0.2) is 30.3 Å². The number of nitrogens with zero attached hydrogens (tertiary/aromatic N) is 3. The molecule has 4 nitrogen and oxygen atoms in total. The number of piperidine rings is 1. The number of halogens is 1. The van der Waals surface area contributed by atoms with Gasteiger partial charge in [-0.25, -0.2) is 9.37 Å². The standard InChI is InChI=1S/C18H23FN4/c1-3-16-6-4-5-11-23(16)17-12-13(2)20-18(22-17)21-15-9-7-14(19)8-10-15/h7-10,12,16H,3-6,11H2,1-2H3,(H,20,21,22). The molecular weight excluding hydrogens is 291 g/mol. The Labute approximate surface area is 136 Å². The van der Waals surface area contributed by atoms with Crippen molar-refractivity contribution in [1.82, 2.24) is 9.97 Å². The Morgan fingerprint density at radius 2 is 2.00 bits per heavy atom. The quantitative estimate of drug-likeness (QED) is 0.906. The van der Waals surface area contributed by atoms with Gasteiger partial charge >= 0.3 is 0 Å². The topological polar surface area (TPSA) is 41.1 Å². The molecule has 23 heavy (non-hydrogen) atoms. The molecule has 0 saturated carbocycles. The maximum absolute atomic E-state index is 13.0. The summed E-state index contributed by atoms with van der Waals surface area (Å²) >= 11 is 0. The Morgan fingerprint density at radius 3 is 2.74 bits per heavy atom. The van der Waals surface area contributed by atoms with Gasteiger partial charge in [-0.05, 0) is 56.9 Å². The summed E-state index contributed by atoms with van der Waals surface area (Å²) in [6.45, 7) is 5.26. The number of hydrogen-bond acceptors (Lipinski definition) is 4. The summed E-state index contributed by atoms with van der Waals surface area (Å²) in [4.78, 5) is 11.5. The molecule has 1 aliphatic rings. The molecule has 0 spiro atoms. The Hall–Kier alpha value is -2.17. The second kappa shape index (κ2) is 6.94. The fraction of sp³-hybridized carbons (Fsp3) is 0.444. The molecule has 1 aromatic heterocycles. The van der Waals surface area contributed by atoms with Gasteiger partial charge in [0.25, 0.3) is 0 Å². The van der Waals surface area contributed by atoms with Crippen LogP contribution >= 0.6 is 0 Å². The summed E-state index contributed by atoms with van der Waals surface area (Å²) in [5, 5.41) is 3.17. The molecule has 2 heterocycles. The van der Waals surface area contributed by atoms with E-state index in [-0.39, 0.29) is 5.82 Å². The molecule has 5 heteroatoms. The highest BCUT2D eigenvalue weighted by atomic mass is 19.1. The van der Waals surface area contributed by atoms with Crippen molar-refractivity contribution in [2.24, 2.45) is 0 Å². The molecule has 1 fully saturated rings. The molecular formula is C18H23FN4. The zero-order chi connectivity index (χ0) is 16.2. The van der Waals surface area contributed by atoms with Crippen molar-refractivity contribution in [3.63, 3.8) is 0 Å². The van der Waals surface area contributed by atoms with Crippen molar-refractivity contribution < 1.29 is 4.39 Å². The van der Waals surface area contributed by atoms with Gasteiger partial charge in [-0.15, -0.1) is 0 Å². The summed E-state index contributed by atoms with van der Waals surface area (Å²) in [5.41, 5.74) is 1.72. The van der Waals surface area contributed by atoms with E-state index in [1.165, 1.54) is 31.4 Å². The van der Waals surface area contributed by atoms with Crippen LogP contribution in [0.2, 0.25) is 0 Å². The van der Waals surface area contributed by atoms with Crippen LogP contribution in [0.3, 0.4) is 0 Å². The van der Waals surface area contributed by atoms with Gasteiger partial charge in [0.1, 0.15) is 11.6 Å². The third-order valence-corrected chi connectivity index (χ3v) is 4.33. The monoisotopic (exact) mass is 314 g/mol. The molecule has 1 N–H and O–H groups in total. The lowest BCUT2D eigenvalue weighted by molar-refractivity contribution is 0.446. The molecule has 1 unspecified atom stereocenters. The minimum Gasteiger partial charge on any atom is -0.353 e. The first-order valence-electron chi connectivity index (χ1n) is 8.30. The molecule has 0 radical (unpaired) electrons. The van der Waals surface area contributed by atoms with Crippen LogP contribution in [-0.2, 0) is 0 Å². The largest absolute Gasteiger partial charge is 0.353 e. The molecule has 2 aromatic rings. The van der Waals surface area contributed by atoms with E-state index in [1.54, 1.807) is 12.1 Å². The van der Waals surface area contributed by atoms with E-state index in [2.05, 4.69) is 27.1 Å². The molecule has 0 aliphatic carbocycles. The van der Waals surface area contributed by atoms with Gasteiger partial charge in [-0.3, -0.25) is 0 Å². The van der Waals surface area contributed by atoms with Crippen LogP contribution in [0, 0.1) is 12.7 Å². The predicted octanol–water partition coefficient (Wildman–Crippen LogP) is 4.44. The highest BCUT2D eigenvalue weighted by Gasteiger charge is 2.22. The summed E-state index contributed by atoms with van der Waals surface area (Å²) < 4.78 is 13.0. The SMILES string of the molecule is CCC1CCCCN1c1cc(C)nc(Nc2ccc(F)cc2)n1. The van der Waals surface area contributed by atoms with Crippen LogP contribution < -0.4 is 10.2 Å². The predicted molar refractivity (Wildman–Crippen MR) is 91.7 cm³/mol. The second-order valence-electron chi connectivity index (χ2n) is 6.07. The molecule has 1 saturated heterocycles. The van der Waals surface area contributed by atoms with Crippen molar-refractivity contribution in [3.8, 4) is 0 Å². The first-order chi connectivity index (χ1) is 11.2. The number of aromatic nitrogens is 2. The molecule has 122 valence electrons. The minimum absolute atomic E-state index is 0.250. The molecule has 0 amide bonds. The fourth-order valence-electron chi connectivity index (χ4n) is 3.14. The van der Waals surface area contributed by atoms with Gasteiger partial charge in [-0.1, -0.05) is 6.92 Å². The van der Waals surface area contributed by atoms with Gasteiger partial charge in [0, 0.05) is 30.0 Å². The number of benzene rings is 1. The van der Waals surface area contributed by atoms with Gasteiger partial charge < -0.3 is 10.2 Å². The summed E-state index contributed by atoms with van der Waals surface area (Å²) in [6.07, 6.45) is 4.85. The molecule has 1 aromatic carbocycles. The molecule has 1 aliphatic heterocycles. The highest BCUT2D eigenvalue weighted by molar-refractivity contribution is 5.55. The van der Waals surface area contributed by atoms with Crippen molar-refractivity contribution in [2.75, 3.05) is 16.8 Å². The number of nitrogens with one attached hydrogen (secondary N) is 1. The average Bonchev–Trinajstić information content (AvgIpc) is 2.56. The first kappa shape index (κ1) is 15.7. The van der Waals surface area contributed by atoms with Crippen molar-refractivity contribution >= 4 is 17.5 Å². The van der Waals surface area contributed by atoms with E-state index in [0.29, 0.717) is 12.0 Å². The number of anilines is 3. The number of rotatable bonds is 4. The maximum Gasteiger partial charge on any atom is 0.229 e. The zero-order valence-corrected chi connectivity index (χ0v) is 13.7. The van der Waals surface area contributed by atoms with Crippen molar-refractivity contribution in [3.05, 3.63) is 41.8 Å². The lowest BCUT2D eigenvalue weighted by Crippen LogP contribution is -2.39. The Kier molecular flexibility index (Phi) is 4.74. The van der Waals surface area contributed by atoms with Crippen LogP contribution in [0.25, 0.3) is 0 Å². The van der Waals surface area contributed by atoms with Crippen LogP contribution in [0.4, 0.5) is 21.8 Å². The van der Waals surface area contributed by atoms with E-state index in [1.807, 2.05) is 13.0 Å². The third-order valence-electron chi connectivity index (χ3n) is 4.33. The highest BCUT2D eigenvalue weighted by Crippen LogP contribution is 2.26. The van der Waals surface area contributed by atoms with Gasteiger partial charge in [-0.2, -0.15) is 4.98 Å². The van der Waals surface area contributed by atoms with E-state index >= 15 is 0 Å². The van der Waals surface area contributed by atoms with Gasteiger partial charge in [0.2, 0.25) is 5.95 Å². The van der Waals surface area contributed by atoms with Crippen molar-refractivity contribution in [2.45, 2.75) is 45.6 Å². The van der Waals surface area contributed by atoms with Crippen LogP contribution in [0.1, 0.15) is 38.3 Å². The number of hydrogen-bond donors (Lipinski definition) is 1. The minimum atomic E-state index is -0.250. The van der Waals surface area contributed by atoms with Gasteiger partial charge in [0.05, 0.1) is 0 Å². The molecule has 1 atom stereocenters. The van der Waals surface area contributed by atoms with E-state index in [9.17, 15) is 4.39 Å². The normalized spacial score (nSPS) is 18.0. The van der Waals surface area contributed by atoms with Gasteiger partial charge in [0.15, 0.2) is 0 Å². The molecule has 0 bridgehead atoms. The van der Waals surface area contributed by atoms with E-state index in [0.717, 1.165) is 30.2 Å². The molecule has 3 rings (SSSR count). The zero-order valence-electron chi connectivity index (χ0n) is 13.7. The lowest BCUT2D eigenvalue weighted by atomic mass is 10.00. The number of aryl methyl sites for hydroxylation is 1. The average molecular weight is 314 g/mol. The lowest BCUT2D eigenvalue weighted by Gasteiger charge is -2.36. The Balaban J connectivity index is 1.85. The second-order valence-corrected chi connectivity index (χ2v) is 6.07. The van der Waals surface area contributed by atoms with Crippen LogP contribution in [-0.4, -0.2) is 22.6 Å². The van der Waals surface area contributed by atoms with Crippen LogP contribution in [0.5, 0.6) is 0 Å². The summed E-state index contributed by atoms with van der Waals surface area (Å²) in [5.74, 6) is 1.29.